The molecule has 0 aliphatic carbocycles. The van der Waals surface area contributed by atoms with Gasteiger partial charge in [-0.15, -0.1) is 0 Å². The number of methoxy groups -OCH3 is 2. The summed E-state index contributed by atoms with van der Waals surface area (Å²) in [6.45, 7) is 3.77. The molecule has 1 heterocycles. The van der Waals surface area contributed by atoms with Gasteiger partial charge in [0.05, 0.1) is 33.1 Å². The minimum absolute atomic E-state index is 0.149. The van der Waals surface area contributed by atoms with Gasteiger partial charge in [-0.25, -0.2) is 9.59 Å². The Labute approximate surface area is 197 Å². The van der Waals surface area contributed by atoms with E-state index < -0.39 is 24.2 Å². The van der Waals surface area contributed by atoms with E-state index in [1.807, 2.05) is 30.3 Å². The van der Waals surface area contributed by atoms with E-state index in [2.05, 4.69) is 0 Å². The lowest BCUT2D eigenvalue weighted by Gasteiger charge is -2.42. The molecule has 0 spiro atoms. The van der Waals surface area contributed by atoms with Crippen LogP contribution in [-0.4, -0.2) is 45.6 Å². The Morgan fingerprint density at radius 3 is 2.35 bits per heavy atom. The van der Waals surface area contributed by atoms with Gasteiger partial charge in [-0.2, -0.15) is 0 Å². The lowest BCUT2D eigenvalue weighted by Crippen LogP contribution is -2.53. The van der Waals surface area contributed by atoms with Crippen LogP contribution in [0.5, 0.6) is 17.2 Å². The van der Waals surface area contributed by atoms with E-state index in [4.69, 9.17) is 23.7 Å². The molecule has 4 rings (SSSR count). The summed E-state index contributed by atoms with van der Waals surface area (Å²) < 4.78 is 28.0. The average Bonchev–Trinajstić information content (AvgIpc) is 2.87. The molecule has 1 aliphatic rings. The number of anilines is 1. The van der Waals surface area contributed by atoms with Crippen molar-refractivity contribution in [1.29, 1.82) is 0 Å². The molecule has 1 aliphatic heterocycles. The number of esters is 2. The van der Waals surface area contributed by atoms with Crippen molar-refractivity contribution in [2.24, 2.45) is 0 Å². The highest BCUT2D eigenvalue weighted by atomic mass is 16.6. The van der Waals surface area contributed by atoms with Crippen LogP contribution in [0.25, 0.3) is 10.8 Å². The van der Waals surface area contributed by atoms with Gasteiger partial charge in [0.15, 0.2) is 6.04 Å². The first-order valence-corrected chi connectivity index (χ1v) is 11.1. The van der Waals surface area contributed by atoms with Crippen LogP contribution in [0.4, 0.5) is 5.69 Å². The van der Waals surface area contributed by atoms with Crippen molar-refractivity contribution in [3.63, 3.8) is 0 Å². The van der Waals surface area contributed by atoms with Crippen LogP contribution in [0.3, 0.4) is 0 Å². The maximum absolute atomic E-state index is 13.5. The number of rotatable bonds is 7. The molecule has 3 aromatic carbocycles. The van der Waals surface area contributed by atoms with Crippen molar-refractivity contribution < 1.29 is 33.3 Å². The summed E-state index contributed by atoms with van der Waals surface area (Å²) in [5.74, 6) is 0.192. The Balaban J connectivity index is 2.03. The molecular weight excluding hydrogens is 438 g/mol. The number of nitrogens with zero attached hydrogens (tertiary/aromatic N) is 1. The fraction of sp³-hybridized carbons (Fsp3) is 0.308. The molecule has 8 heteroatoms. The predicted molar refractivity (Wildman–Crippen MR) is 126 cm³/mol. The quantitative estimate of drug-likeness (QED) is 0.479. The summed E-state index contributed by atoms with van der Waals surface area (Å²) in [7, 11) is 3.05. The first-order valence-electron chi connectivity index (χ1n) is 11.1. The lowest BCUT2D eigenvalue weighted by atomic mass is 9.94. The van der Waals surface area contributed by atoms with E-state index in [0.29, 0.717) is 28.5 Å². The zero-order valence-corrected chi connectivity index (χ0v) is 19.6. The van der Waals surface area contributed by atoms with Crippen LogP contribution in [0.2, 0.25) is 0 Å². The predicted octanol–water partition coefficient (Wildman–Crippen LogP) is 4.25. The minimum atomic E-state index is -1.26. The average molecular weight is 466 g/mol. The second-order valence-corrected chi connectivity index (χ2v) is 7.52. The van der Waals surface area contributed by atoms with Crippen LogP contribution in [0.1, 0.15) is 25.5 Å². The zero-order chi connectivity index (χ0) is 24.2. The molecule has 3 aromatic rings. The molecule has 0 radical (unpaired) electrons. The van der Waals surface area contributed by atoms with Gasteiger partial charge < -0.3 is 28.6 Å². The van der Waals surface area contributed by atoms with Gasteiger partial charge in [-0.3, -0.25) is 0 Å². The Kier molecular flexibility index (Phi) is 6.77. The zero-order valence-electron chi connectivity index (χ0n) is 19.6. The number of benzene rings is 3. The summed E-state index contributed by atoms with van der Waals surface area (Å²) in [6, 6.07) is 15.4. The van der Waals surface area contributed by atoms with Gasteiger partial charge >= 0.3 is 11.9 Å². The van der Waals surface area contributed by atoms with Crippen molar-refractivity contribution in [3.8, 4) is 17.2 Å². The summed E-state index contributed by atoms with van der Waals surface area (Å²) in [5.41, 5.74) is 1.03. The summed E-state index contributed by atoms with van der Waals surface area (Å²) in [4.78, 5) is 28.2. The highest BCUT2D eigenvalue weighted by Crippen LogP contribution is 2.47. The normalized spacial score (nSPS) is 16.9. The standard InChI is InChI=1S/C26H27NO7/c1-5-32-25(28)23-22-18-10-8-7-9-16(18)11-13-21(22)34-24(26(29)33-6-2)27(23)19-15-17(30-3)12-14-20(19)31-4/h7-15,23-24H,5-6H2,1-4H3/t23?,24-/m0/s1. The highest BCUT2D eigenvalue weighted by molar-refractivity contribution is 5.97. The molecule has 0 aromatic heterocycles. The van der Waals surface area contributed by atoms with Gasteiger partial charge in [-0.1, -0.05) is 30.3 Å². The van der Waals surface area contributed by atoms with Crippen molar-refractivity contribution in [3.05, 3.63) is 60.2 Å². The highest BCUT2D eigenvalue weighted by Gasteiger charge is 2.47. The van der Waals surface area contributed by atoms with Gasteiger partial charge in [0.1, 0.15) is 17.2 Å². The van der Waals surface area contributed by atoms with Gasteiger partial charge in [-0.05, 0) is 42.8 Å². The van der Waals surface area contributed by atoms with Crippen LogP contribution in [0, 0.1) is 0 Å². The summed E-state index contributed by atoms with van der Waals surface area (Å²) >= 11 is 0. The summed E-state index contributed by atoms with van der Waals surface area (Å²) in [6.07, 6.45) is -1.26. The molecule has 0 amide bonds. The van der Waals surface area contributed by atoms with Crippen molar-refractivity contribution >= 4 is 28.4 Å². The molecule has 0 saturated carbocycles. The van der Waals surface area contributed by atoms with E-state index in [1.54, 1.807) is 43.0 Å². The molecular formula is C26H27NO7. The Morgan fingerprint density at radius 1 is 0.912 bits per heavy atom. The number of ether oxygens (including phenoxy) is 5. The first kappa shape index (κ1) is 23.2. The van der Waals surface area contributed by atoms with Gasteiger partial charge in [0, 0.05) is 11.6 Å². The van der Waals surface area contributed by atoms with Crippen molar-refractivity contribution in [2.45, 2.75) is 26.1 Å². The third-order valence-corrected chi connectivity index (χ3v) is 5.64. The SMILES string of the molecule is CCOC(=O)C1c2c(ccc3ccccc23)O[C@@H](C(=O)OCC)N1c1cc(OC)ccc1OC. The monoisotopic (exact) mass is 465 g/mol. The van der Waals surface area contributed by atoms with E-state index in [9.17, 15) is 9.59 Å². The molecule has 2 atom stereocenters. The fourth-order valence-corrected chi connectivity index (χ4v) is 4.20. The number of fused-ring (bicyclic) bond motifs is 3. The third-order valence-electron chi connectivity index (χ3n) is 5.64. The lowest BCUT2D eigenvalue weighted by molar-refractivity contribution is -0.154. The molecule has 0 bridgehead atoms. The Morgan fingerprint density at radius 2 is 1.65 bits per heavy atom. The van der Waals surface area contributed by atoms with Gasteiger partial charge in [0.2, 0.25) is 0 Å². The summed E-state index contributed by atoms with van der Waals surface area (Å²) in [5, 5.41) is 1.73. The largest absolute Gasteiger partial charge is 0.497 e. The molecule has 178 valence electrons. The molecule has 1 unspecified atom stereocenters. The molecule has 8 nitrogen and oxygen atoms in total. The number of carbonyl (C=O) groups is 2. The topological polar surface area (TPSA) is 83.5 Å². The molecule has 34 heavy (non-hydrogen) atoms. The fourth-order valence-electron chi connectivity index (χ4n) is 4.20. The van der Waals surface area contributed by atoms with Crippen molar-refractivity contribution in [2.75, 3.05) is 32.3 Å². The Hall–Kier alpha value is -3.94. The smallest absolute Gasteiger partial charge is 0.369 e. The maximum atomic E-state index is 13.5. The van der Waals surface area contributed by atoms with E-state index >= 15 is 0 Å². The van der Waals surface area contributed by atoms with E-state index in [-0.39, 0.29) is 13.2 Å². The molecule has 0 fully saturated rings. The maximum Gasteiger partial charge on any atom is 0.369 e. The van der Waals surface area contributed by atoms with Crippen LogP contribution in [0.15, 0.2) is 54.6 Å². The number of carbonyl (C=O) groups excluding carboxylic acids is 2. The number of hydrogen-bond donors (Lipinski definition) is 0. The van der Waals surface area contributed by atoms with Gasteiger partial charge in [0.25, 0.3) is 6.23 Å². The van der Waals surface area contributed by atoms with Crippen LogP contribution in [-0.2, 0) is 19.1 Å². The minimum Gasteiger partial charge on any atom is -0.497 e. The third kappa shape index (κ3) is 4.07. The van der Waals surface area contributed by atoms with Crippen LogP contribution < -0.4 is 19.1 Å². The molecule has 0 N–H and O–H groups in total. The second-order valence-electron chi connectivity index (χ2n) is 7.52. The second kappa shape index (κ2) is 9.91. The van der Waals surface area contributed by atoms with Crippen molar-refractivity contribution in [1.82, 2.24) is 0 Å². The Bertz CT molecular complexity index is 1210. The van der Waals surface area contributed by atoms with E-state index in [1.165, 1.54) is 14.2 Å². The number of hydrogen-bond acceptors (Lipinski definition) is 8. The van der Waals surface area contributed by atoms with Crippen LogP contribution >= 0.6 is 0 Å². The van der Waals surface area contributed by atoms with E-state index in [0.717, 1.165) is 10.8 Å². The first-order chi connectivity index (χ1) is 16.5. The molecule has 0 saturated heterocycles.